The Labute approximate surface area is 332 Å². The van der Waals surface area contributed by atoms with Crippen molar-refractivity contribution in [2.75, 3.05) is 0 Å². The van der Waals surface area contributed by atoms with Crippen LogP contribution in [0.25, 0.3) is 50.5 Å². The molecule has 0 bridgehead atoms. The zero-order chi connectivity index (χ0) is 38.0. The Hall–Kier alpha value is -4.01. The third-order valence-corrected chi connectivity index (χ3v) is 10.2. The van der Waals surface area contributed by atoms with Crippen LogP contribution in [0.4, 0.5) is 0 Å². The van der Waals surface area contributed by atoms with E-state index >= 15 is 0 Å². The van der Waals surface area contributed by atoms with Crippen molar-refractivity contribution >= 4 is 11.0 Å². The second-order valence-electron chi connectivity index (χ2n) is 18.5. The molecule has 0 unspecified atom stereocenters. The summed E-state index contributed by atoms with van der Waals surface area (Å²) >= 11 is 0. The number of rotatable bonds is 5. The summed E-state index contributed by atoms with van der Waals surface area (Å²) in [5.41, 5.74) is 12.6. The molecular weight excluding hydrogens is 830 g/mol. The summed E-state index contributed by atoms with van der Waals surface area (Å²) in [6.07, 6.45) is 2.83. The third-order valence-electron chi connectivity index (χ3n) is 10.2. The number of benzene rings is 4. The van der Waals surface area contributed by atoms with Gasteiger partial charge in [0.25, 0.3) is 0 Å². The summed E-state index contributed by atoms with van der Waals surface area (Å²) in [5.74, 6) is 0.994. The third kappa shape index (κ3) is 8.09. The molecule has 0 saturated heterocycles. The smallest absolute Gasteiger partial charge is 0.148 e. The van der Waals surface area contributed by atoms with Gasteiger partial charge in [-0.2, -0.15) is 0 Å². The van der Waals surface area contributed by atoms with Gasteiger partial charge in [-0.1, -0.05) is 137 Å². The Balaban J connectivity index is 0.00000541. The van der Waals surface area contributed by atoms with Gasteiger partial charge in [0.15, 0.2) is 0 Å². The van der Waals surface area contributed by atoms with E-state index in [1.54, 1.807) is 0 Å². The van der Waals surface area contributed by atoms with E-state index in [0.29, 0.717) is 0 Å². The van der Waals surface area contributed by atoms with Crippen molar-refractivity contribution in [1.82, 2.24) is 14.5 Å². The maximum Gasteiger partial charge on any atom is 0.148 e. The first-order valence-electron chi connectivity index (χ1n) is 18.7. The molecule has 2 aromatic heterocycles. The van der Waals surface area contributed by atoms with E-state index in [1.807, 2.05) is 6.20 Å². The van der Waals surface area contributed by atoms with Crippen molar-refractivity contribution < 1.29 is 26.2 Å². The molecule has 4 aromatic carbocycles. The standard InChI is InChI=1S/C48H56N3O.Pt/c1-14-30-21-22-49-40(23-30)32-18-15-17-31(24-32)37-19-16-20-41-42(37)50-44(38-28-35(47(8,9)10)29-39(43(38)52)48(11,12)13)51(41)36-26-33(45(2,3)4)25-34(27-36)46(5,6)7;/h15-23,25-29,52H,14H2,1-13H3;/q-1;. The molecule has 0 spiro atoms. The SMILES string of the molecule is CCc1ccnc(-c2[c-]c(-c3cccc4c3nc(-c3cc(C(C)(C)C)cc(C(C)(C)C)c3O)n4-c3cc(C(C)(C)C)cc(C(C)(C)C)c3)ccc2)c1.[Pt]. The summed E-state index contributed by atoms with van der Waals surface area (Å²) in [6, 6.07) is 31.9. The van der Waals surface area contributed by atoms with Crippen LogP contribution in [-0.4, -0.2) is 19.6 Å². The molecule has 0 aliphatic heterocycles. The van der Waals surface area contributed by atoms with Crippen molar-refractivity contribution in [2.45, 2.75) is 118 Å². The van der Waals surface area contributed by atoms with Crippen LogP contribution in [0, 0.1) is 6.07 Å². The number of hydrogen-bond donors (Lipinski definition) is 1. The van der Waals surface area contributed by atoms with Gasteiger partial charge < -0.3 is 5.11 Å². The summed E-state index contributed by atoms with van der Waals surface area (Å²) in [6.45, 7) is 29.0. The number of phenols is 1. The zero-order valence-electron chi connectivity index (χ0n) is 33.9. The molecule has 0 fully saturated rings. The van der Waals surface area contributed by atoms with Crippen molar-refractivity contribution in [1.29, 1.82) is 0 Å². The number of nitrogens with zero attached hydrogens (tertiary/aromatic N) is 3. The van der Waals surface area contributed by atoms with Gasteiger partial charge in [-0.15, -0.1) is 29.8 Å². The van der Waals surface area contributed by atoms with E-state index in [-0.39, 0.29) is 48.5 Å². The second-order valence-corrected chi connectivity index (χ2v) is 18.5. The van der Waals surface area contributed by atoms with Gasteiger partial charge in [-0.05, 0) is 75.1 Å². The number of imidazole rings is 1. The van der Waals surface area contributed by atoms with Crippen LogP contribution in [0.3, 0.4) is 0 Å². The van der Waals surface area contributed by atoms with Crippen molar-refractivity contribution in [2.24, 2.45) is 0 Å². The fourth-order valence-corrected chi connectivity index (χ4v) is 6.79. The van der Waals surface area contributed by atoms with E-state index < -0.39 is 0 Å². The maximum atomic E-state index is 12.3. The molecule has 2 heterocycles. The molecule has 280 valence electrons. The van der Waals surface area contributed by atoms with Gasteiger partial charge in [0, 0.05) is 44.2 Å². The first kappa shape index (κ1) is 40.2. The minimum absolute atomic E-state index is 0. The fraction of sp³-hybridized carbons (Fsp3) is 0.375. The minimum Gasteiger partial charge on any atom is -0.507 e. The number of phenolic OH excluding ortho intramolecular Hbond substituents is 1. The van der Waals surface area contributed by atoms with Crippen LogP contribution < -0.4 is 0 Å². The van der Waals surface area contributed by atoms with E-state index in [1.165, 1.54) is 16.7 Å². The van der Waals surface area contributed by atoms with Crippen LogP contribution in [-0.2, 0) is 49.1 Å². The zero-order valence-corrected chi connectivity index (χ0v) is 36.2. The maximum absolute atomic E-state index is 12.3. The molecule has 0 aliphatic carbocycles. The molecule has 0 amide bonds. The van der Waals surface area contributed by atoms with Gasteiger partial charge in [0.1, 0.15) is 11.6 Å². The fourth-order valence-electron chi connectivity index (χ4n) is 6.79. The van der Waals surface area contributed by atoms with E-state index in [9.17, 15) is 5.11 Å². The molecular formula is C48H56N3OPt-. The minimum atomic E-state index is -0.286. The summed E-state index contributed by atoms with van der Waals surface area (Å²) in [4.78, 5) is 10.2. The Morgan fingerprint density at radius 3 is 1.81 bits per heavy atom. The Morgan fingerprint density at radius 1 is 0.642 bits per heavy atom. The van der Waals surface area contributed by atoms with Crippen molar-refractivity contribution in [3.05, 3.63) is 119 Å². The van der Waals surface area contributed by atoms with E-state index in [4.69, 9.17) is 9.97 Å². The monoisotopic (exact) mass is 885 g/mol. The molecule has 0 radical (unpaired) electrons. The van der Waals surface area contributed by atoms with Crippen LogP contribution >= 0.6 is 0 Å². The molecule has 6 rings (SSSR count). The molecule has 4 nitrogen and oxygen atoms in total. The Morgan fingerprint density at radius 2 is 1.23 bits per heavy atom. The van der Waals surface area contributed by atoms with Gasteiger partial charge in [0.2, 0.25) is 0 Å². The summed E-state index contributed by atoms with van der Waals surface area (Å²) in [5, 5.41) is 12.3. The normalized spacial score (nSPS) is 12.6. The molecule has 6 aromatic rings. The average Bonchev–Trinajstić information content (AvgIpc) is 3.46. The topological polar surface area (TPSA) is 50.9 Å². The van der Waals surface area contributed by atoms with Gasteiger partial charge in [-0.25, -0.2) is 4.98 Å². The predicted octanol–water partition coefficient (Wildman–Crippen LogP) is 12.7. The number of fused-ring (bicyclic) bond motifs is 1. The largest absolute Gasteiger partial charge is 0.507 e. The number of pyridine rings is 1. The van der Waals surface area contributed by atoms with Gasteiger partial charge in [-0.3, -0.25) is 9.55 Å². The van der Waals surface area contributed by atoms with Gasteiger partial charge in [0.05, 0.1) is 16.6 Å². The molecule has 0 aliphatic rings. The van der Waals surface area contributed by atoms with E-state index in [0.717, 1.165) is 68.0 Å². The number of hydrogen-bond acceptors (Lipinski definition) is 3. The first-order valence-corrected chi connectivity index (χ1v) is 18.7. The number of aryl methyl sites for hydroxylation is 1. The summed E-state index contributed by atoms with van der Waals surface area (Å²) < 4.78 is 2.27. The number of para-hydroxylation sites is 1. The number of aromatic hydroxyl groups is 1. The predicted molar refractivity (Wildman–Crippen MR) is 220 cm³/mol. The van der Waals surface area contributed by atoms with Crippen LogP contribution in [0.5, 0.6) is 5.75 Å². The molecule has 53 heavy (non-hydrogen) atoms. The number of aromatic nitrogens is 3. The molecule has 1 N–H and O–H groups in total. The van der Waals surface area contributed by atoms with Crippen LogP contribution in [0.15, 0.2) is 85.1 Å². The van der Waals surface area contributed by atoms with Crippen LogP contribution in [0.2, 0.25) is 0 Å². The molecule has 5 heteroatoms. The Bertz CT molecular complexity index is 2250. The average molecular weight is 886 g/mol. The Kier molecular flexibility index (Phi) is 10.9. The van der Waals surface area contributed by atoms with Gasteiger partial charge >= 0.3 is 0 Å². The first-order chi connectivity index (χ1) is 24.2. The quantitative estimate of drug-likeness (QED) is 0.176. The van der Waals surface area contributed by atoms with Crippen LogP contribution in [0.1, 0.15) is 118 Å². The summed E-state index contributed by atoms with van der Waals surface area (Å²) in [7, 11) is 0. The molecule has 0 saturated carbocycles. The molecule has 0 atom stereocenters. The van der Waals surface area contributed by atoms with E-state index in [2.05, 4.69) is 180 Å². The second kappa shape index (κ2) is 14.3. The van der Waals surface area contributed by atoms with Crippen molar-refractivity contribution in [3.8, 4) is 45.2 Å². The van der Waals surface area contributed by atoms with Crippen molar-refractivity contribution in [3.63, 3.8) is 0 Å².